The molecule has 0 aliphatic heterocycles. The SMILES string of the molecule is CC.CC.CC.CC.CC1=CC2C3C=CC(C)(C3)C2C1. The van der Waals surface area contributed by atoms with Gasteiger partial charge in [-0.15, -0.1) is 0 Å². The second kappa shape index (κ2) is 11.2. The van der Waals surface area contributed by atoms with Crippen LogP contribution in [0.2, 0.25) is 0 Å². The molecule has 20 heavy (non-hydrogen) atoms. The molecule has 0 nitrogen and oxygen atoms in total. The van der Waals surface area contributed by atoms with E-state index in [9.17, 15) is 0 Å². The van der Waals surface area contributed by atoms with Crippen LogP contribution in [0, 0.1) is 23.2 Å². The summed E-state index contributed by atoms with van der Waals surface area (Å²) in [6.45, 7) is 20.7. The van der Waals surface area contributed by atoms with Crippen molar-refractivity contribution in [3.8, 4) is 0 Å². The molecule has 0 aromatic carbocycles. The maximum Gasteiger partial charge on any atom is -0.0103 e. The monoisotopic (exact) mass is 280 g/mol. The number of allylic oxidation sites excluding steroid dienone is 4. The van der Waals surface area contributed by atoms with E-state index in [1.165, 1.54) is 12.8 Å². The van der Waals surface area contributed by atoms with Crippen molar-refractivity contribution >= 4 is 0 Å². The first-order chi connectivity index (χ1) is 9.69. The Morgan fingerprint density at radius 2 is 1.45 bits per heavy atom. The first-order valence-corrected chi connectivity index (χ1v) is 9.06. The molecule has 1 fully saturated rings. The Bertz CT molecular complexity index is 284. The van der Waals surface area contributed by atoms with Crippen molar-refractivity contribution in [3.63, 3.8) is 0 Å². The van der Waals surface area contributed by atoms with Gasteiger partial charge in [-0.05, 0) is 42.9 Å². The average molecular weight is 281 g/mol. The number of fused-ring (bicyclic) bond motifs is 5. The Labute approximate surface area is 129 Å². The third-order valence-corrected chi connectivity index (χ3v) is 4.22. The third kappa shape index (κ3) is 4.50. The minimum absolute atomic E-state index is 0.559. The molecule has 2 bridgehead atoms. The van der Waals surface area contributed by atoms with Crippen molar-refractivity contribution in [3.05, 3.63) is 23.8 Å². The Morgan fingerprint density at radius 1 is 0.950 bits per heavy atom. The van der Waals surface area contributed by atoms with Crippen LogP contribution < -0.4 is 0 Å². The molecule has 0 heteroatoms. The smallest absolute Gasteiger partial charge is 0.0103 e. The molecule has 1 saturated carbocycles. The van der Waals surface area contributed by atoms with Crippen molar-refractivity contribution in [1.82, 2.24) is 0 Å². The lowest BCUT2D eigenvalue weighted by Crippen LogP contribution is -2.21. The van der Waals surface area contributed by atoms with Crippen LogP contribution in [0.15, 0.2) is 23.8 Å². The molecule has 3 rings (SSSR count). The van der Waals surface area contributed by atoms with E-state index in [2.05, 4.69) is 32.1 Å². The van der Waals surface area contributed by atoms with E-state index < -0.39 is 0 Å². The van der Waals surface area contributed by atoms with Gasteiger partial charge in [0.15, 0.2) is 0 Å². The van der Waals surface area contributed by atoms with Crippen LogP contribution in [0.3, 0.4) is 0 Å². The number of rotatable bonds is 0. The molecule has 4 atom stereocenters. The predicted molar refractivity (Wildman–Crippen MR) is 96.1 cm³/mol. The summed E-state index contributed by atoms with van der Waals surface area (Å²) in [6.07, 6.45) is 10.2. The molecule has 4 unspecified atom stereocenters. The predicted octanol–water partition coefficient (Wildman–Crippen LogP) is 7.27. The Kier molecular flexibility index (Phi) is 12.2. The highest BCUT2D eigenvalue weighted by atomic mass is 14.6. The van der Waals surface area contributed by atoms with E-state index in [1.54, 1.807) is 5.57 Å². The third-order valence-electron chi connectivity index (χ3n) is 4.22. The minimum Gasteiger partial charge on any atom is -0.0842 e. The van der Waals surface area contributed by atoms with Crippen LogP contribution in [-0.2, 0) is 0 Å². The van der Waals surface area contributed by atoms with Crippen molar-refractivity contribution < 1.29 is 0 Å². The van der Waals surface area contributed by atoms with Crippen molar-refractivity contribution in [2.45, 2.75) is 82.1 Å². The molecule has 0 saturated heterocycles. The topological polar surface area (TPSA) is 0 Å². The van der Waals surface area contributed by atoms with E-state index >= 15 is 0 Å². The molecule has 0 spiro atoms. The molecule has 3 aliphatic carbocycles. The average Bonchev–Trinajstić information content (AvgIpc) is 3.17. The zero-order valence-electron chi connectivity index (χ0n) is 15.9. The molecule has 0 amide bonds. The fourth-order valence-corrected chi connectivity index (χ4v) is 3.62. The highest BCUT2D eigenvalue weighted by Gasteiger charge is 2.52. The van der Waals surface area contributed by atoms with Crippen molar-refractivity contribution in [2.24, 2.45) is 23.2 Å². The van der Waals surface area contributed by atoms with E-state index in [-0.39, 0.29) is 0 Å². The maximum atomic E-state index is 2.53. The van der Waals surface area contributed by atoms with Crippen LogP contribution in [0.1, 0.15) is 82.1 Å². The minimum atomic E-state index is 0.559. The quantitative estimate of drug-likeness (QED) is 0.409. The van der Waals surface area contributed by atoms with Crippen LogP contribution in [0.25, 0.3) is 0 Å². The van der Waals surface area contributed by atoms with E-state index in [0.717, 1.165) is 17.8 Å². The van der Waals surface area contributed by atoms with Gasteiger partial charge in [-0.3, -0.25) is 0 Å². The number of hydrogen-bond donors (Lipinski definition) is 0. The van der Waals surface area contributed by atoms with E-state index in [1.807, 2.05) is 55.4 Å². The van der Waals surface area contributed by atoms with Crippen molar-refractivity contribution in [1.29, 1.82) is 0 Å². The molecule has 3 aliphatic rings. The lowest BCUT2D eigenvalue weighted by molar-refractivity contribution is 0.285. The summed E-state index contributed by atoms with van der Waals surface area (Å²) in [6, 6.07) is 0. The van der Waals surface area contributed by atoms with Crippen LogP contribution >= 0.6 is 0 Å². The summed E-state index contributed by atoms with van der Waals surface area (Å²) in [5, 5.41) is 0. The Balaban J connectivity index is 0. The maximum absolute atomic E-state index is 2.53. The van der Waals surface area contributed by atoms with E-state index in [4.69, 9.17) is 0 Å². The highest BCUT2D eigenvalue weighted by molar-refractivity contribution is 5.29. The summed E-state index contributed by atoms with van der Waals surface area (Å²) < 4.78 is 0. The molecular formula is C20H40. The van der Waals surface area contributed by atoms with Gasteiger partial charge in [-0.2, -0.15) is 0 Å². The van der Waals surface area contributed by atoms with Crippen LogP contribution in [-0.4, -0.2) is 0 Å². The van der Waals surface area contributed by atoms with Crippen LogP contribution in [0.5, 0.6) is 0 Å². The molecule has 0 heterocycles. The van der Waals surface area contributed by atoms with Gasteiger partial charge in [0.2, 0.25) is 0 Å². The molecule has 0 aromatic rings. The van der Waals surface area contributed by atoms with Gasteiger partial charge in [-0.1, -0.05) is 86.1 Å². The first kappa shape index (κ1) is 21.8. The summed E-state index contributed by atoms with van der Waals surface area (Å²) in [5.41, 5.74) is 2.19. The van der Waals surface area contributed by atoms with Gasteiger partial charge in [0.05, 0.1) is 0 Å². The molecule has 0 aromatic heterocycles. The zero-order chi connectivity index (χ0) is 16.3. The van der Waals surface area contributed by atoms with Gasteiger partial charge < -0.3 is 0 Å². The lowest BCUT2D eigenvalue weighted by atomic mass is 9.76. The fraction of sp³-hybridized carbons (Fsp3) is 0.800. The summed E-state index contributed by atoms with van der Waals surface area (Å²) in [7, 11) is 0. The van der Waals surface area contributed by atoms with Gasteiger partial charge in [0.1, 0.15) is 0 Å². The standard InChI is InChI=1S/C12H16.4C2H6/c1-8-5-10-9-3-4-12(2,7-9)11(10)6-8;4*1-2/h3-5,9-11H,6-7H2,1-2H3;4*1-2H3. The molecule has 120 valence electrons. The molecule has 0 radical (unpaired) electrons. The number of hydrogen-bond acceptors (Lipinski definition) is 0. The summed E-state index contributed by atoms with van der Waals surface area (Å²) in [5.74, 6) is 2.74. The second-order valence-corrected chi connectivity index (χ2v) is 5.13. The Morgan fingerprint density at radius 3 is 1.90 bits per heavy atom. The van der Waals surface area contributed by atoms with Crippen LogP contribution in [0.4, 0.5) is 0 Å². The van der Waals surface area contributed by atoms with Gasteiger partial charge in [-0.25, -0.2) is 0 Å². The molecule has 0 N–H and O–H groups in total. The van der Waals surface area contributed by atoms with Gasteiger partial charge in [0, 0.05) is 0 Å². The normalized spacial score (nSPS) is 33.9. The van der Waals surface area contributed by atoms with E-state index in [0.29, 0.717) is 5.41 Å². The zero-order valence-corrected chi connectivity index (χ0v) is 15.9. The van der Waals surface area contributed by atoms with Crippen molar-refractivity contribution in [2.75, 3.05) is 0 Å². The second-order valence-electron chi connectivity index (χ2n) is 5.13. The first-order valence-electron chi connectivity index (χ1n) is 9.06. The highest BCUT2D eigenvalue weighted by Crippen LogP contribution is 2.61. The molecular weight excluding hydrogens is 240 g/mol. The largest absolute Gasteiger partial charge is 0.0842 e. The lowest BCUT2D eigenvalue weighted by Gasteiger charge is -2.28. The summed E-state index contributed by atoms with van der Waals surface area (Å²) >= 11 is 0. The summed E-state index contributed by atoms with van der Waals surface area (Å²) in [4.78, 5) is 0. The fourth-order valence-electron chi connectivity index (χ4n) is 3.62. The Hall–Kier alpha value is -0.520. The van der Waals surface area contributed by atoms with Gasteiger partial charge >= 0.3 is 0 Å². The van der Waals surface area contributed by atoms with Gasteiger partial charge in [0.25, 0.3) is 0 Å².